The summed E-state index contributed by atoms with van der Waals surface area (Å²) in [6, 6.07) is 7.00. The molecule has 0 saturated heterocycles. The summed E-state index contributed by atoms with van der Waals surface area (Å²) in [7, 11) is -2.65. The maximum atomic E-state index is 11.9. The molecule has 0 aliphatic carbocycles. The monoisotopic (exact) mass is 199 g/mol. The van der Waals surface area contributed by atoms with Crippen LogP contribution in [0, 0.1) is 0 Å². The molecule has 0 amide bonds. The highest BCUT2D eigenvalue weighted by atomic mass is 31.2. The van der Waals surface area contributed by atoms with Crippen LogP contribution in [0.25, 0.3) is 0 Å². The maximum absolute atomic E-state index is 11.9. The normalized spacial score (nSPS) is 15.2. The second kappa shape index (κ2) is 3.95. The van der Waals surface area contributed by atoms with Crippen LogP contribution in [0.3, 0.4) is 0 Å². The Labute approximate surface area is 78.4 Å². The van der Waals surface area contributed by atoms with E-state index in [0.717, 1.165) is 0 Å². The van der Waals surface area contributed by atoms with Gasteiger partial charge in [0.1, 0.15) is 0 Å². The Morgan fingerprint density at radius 2 is 2.23 bits per heavy atom. The van der Waals surface area contributed by atoms with Crippen LogP contribution in [0.15, 0.2) is 24.3 Å². The zero-order valence-electron chi connectivity index (χ0n) is 7.86. The lowest BCUT2D eigenvalue weighted by Crippen LogP contribution is -2.07. The molecule has 0 spiro atoms. The first kappa shape index (κ1) is 10.3. The van der Waals surface area contributed by atoms with E-state index in [4.69, 9.17) is 10.3 Å². The molecule has 0 fully saturated rings. The van der Waals surface area contributed by atoms with Gasteiger partial charge in [0.05, 0.1) is 6.61 Å². The Balaban J connectivity index is 3.00. The molecule has 2 N–H and O–H groups in total. The predicted octanol–water partition coefficient (Wildman–Crippen LogP) is 1.84. The van der Waals surface area contributed by atoms with E-state index in [-0.39, 0.29) is 0 Å². The van der Waals surface area contributed by atoms with E-state index in [1.807, 2.05) is 6.92 Å². The minimum atomic E-state index is -2.65. The number of nitrogens with two attached hydrogens (primary N) is 1. The lowest BCUT2D eigenvalue weighted by Gasteiger charge is -2.12. The van der Waals surface area contributed by atoms with Crippen molar-refractivity contribution in [2.45, 2.75) is 6.92 Å². The SMILES string of the molecule is CCOP(C)(=O)c1cccc(N)c1. The lowest BCUT2D eigenvalue weighted by atomic mass is 10.3. The van der Waals surface area contributed by atoms with E-state index in [1.54, 1.807) is 30.9 Å². The van der Waals surface area contributed by atoms with Crippen molar-refractivity contribution in [1.29, 1.82) is 0 Å². The largest absolute Gasteiger partial charge is 0.399 e. The Morgan fingerprint density at radius 3 is 2.77 bits per heavy atom. The highest BCUT2D eigenvalue weighted by Crippen LogP contribution is 2.41. The zero-order valence-corrected chi connectivity index (χ0v) is 8.75. The fraction of sp³-hybridized carbons (Fsp3) is 0.333. The minimum Gasteiger partial charge on any atom is -0.399 e. The van der Waals surface area contributed by atoms with Crippen LogP contribution in [0.1, 0.15) is 6.92 Å². The molecule has 0 bridgehead atoms. The van der Waals surface area contributed by atoms with Gasteiger partial charge in [0.25, 0.3) is 0 Å². The van der Waals surface area contributed by atoms with Crippen LogP contribution in [-0.4, -0.2) is 13.3 Å². The number of hydrogen-bond acceptors (Lipinski definition) is 3. The van der Waals surface area contributed by atoms with E-state index < -0.39 is 7.37 Å². The summed E-state index contributed by atoms with van der Waals surface area (Å²) in [5.74, 6) is 0. The fourth-order valence-electron chi connectivity index (χ4n) is 1.10. The molecular weight excluding hydrogens is 185 g/mol. The van der Waals surface area contributed by atoms with Crippen LogP contribution >= 0.6 is 7.37 Å². The molecule has 3 nitrogen and oxygen atoms in total. The quantitative estimate of drug-likeness (QED) is 0.597. The average Bonchev–Trinajstić information content (AvgIpc) is 2.04. The number of anilines is 1. The summed E-state index contributed by atoms with van der Waals surface area (Å²) >= 11 is 0. The summed E-state index contributed by atoms with van der Waals surface area (Å²) in [6.07, 6.45) is 0. The van der Waals surface area contributed by atoms with Crippen LogP contribution in [0.2, 0.25) is 0 Å². The van der Waals surface area contributed by atoms with E-state index in [9.17, 15) is 4.57 Å². The van der Waals surface area contributed by atoms with Crippen molar-refractivity contribution >= 4 is 18.4 Å². The third-order valence-corrected chi connectivity index (χ3v) is 3.68. The van der Waals surface area contributed by atoms with Gasteiger partial charge >= 0.3 is 0 Å². The molecule has 72 valence electrons. The summed E-state index contributed by atoms with van der Waals surface area (Å²) < 4.78 is 17.1. The predicted molar refractivity (Wildman–Crippen MR) is 55.6 cm³/mol. The molecule has 1 rings (SSSR count). The van der Waals surface area contributed by atoms with Crippen molar-refractivity contribution in [2.75, 3.05) is 19.0 Å². The molecule has 0 aliphatic rings. The molecular formula is C9H14NO2P. The Bertz CT molecular complexity index is 338. The van der Waals surface area contributed by atoms with Crippen LogP contribution in [0.4, 0.5) is 5.69 Å². The van der Waals surface area contributed by atoms with Crippen LogP contribution < -0.4 is 11.0 Å². The third kappa shape index (κ3) is 2.58. The molecule has 4 heteroatoms. The van der Waals surface area contributed by atoms with Crippen molar-refractivity contribution in [2.24, 2.45) is 0 Å². The van der Waals surface area contributed by atoms with E-state index in [0.29, 0.717) is 17.6 Å². The number of nitrogen functional groups attached to an aromatic ring is 1. The Hall–Kier alpha value is -0.790. The molecule has 0 radical (unpaired) electrons. The van der Waals surface area contributed by atoms with Crippen molar-refractivity contribution in [3.8, 4) is 0 Å². The second-order valence-electron chi connectivity index (χ2n) is 2.86. The first-order valence-corrected chi connectivity index (χ1v) is 6.21. The van der Waals surface area contributed by atoms with E-state index in [1.165, 1.54) is 0 Å². The maximum Gasteiger partial charge on any atom is 0.229 e. The van der Waals surface area contributed by atoms with Crippen LogP contribution in [0.5, 0.6) is 0 Å². The van der Waals surface area contributed by atoms with Gasteiger partial charge < -0.3 is 10.3 Å². The molecule has 0 aromatic heterocycles. The molecule has 0 aliphatic heterocycles. The molecule has 1 atom stereocenters. The smallest absolute Gasteiger partial charge is 0.229 e. The van der Waals surface area contributed by atoms with Gasteiger partial charge in [0, 0.05) is 17.7 Å². The molecule has 13 heavy (non-hydrogen) atoms. The molecule has 1 aromatic carbocycles. The summed E-state index contributed by atoms with van der Waals surface area (Å²) in [4.78, 5) is 0. The van der Waals surface area contributed by atoms with Crippen molar-refractivity contribution in [1.82, 2.24) is 0 Å². The molecule has 1 aromatic rings. The molecule has 1 unspecified atom stereocenters. The van der Waals surface area contributed by atoms with Gasteiger partial charge in [-0.05, 0) is 25.1 Å². The Morgan fingerprint density at radius 1 is 1.54 bits per heavy atom. The van der Waals surface area contributed by atoms with Gasteiger partial charge in [-0.3, -0.25) is 4.57 Å². The lowest BCUT2D eigenvalue weighted by molar-refractivity contribution is 0.345. The molecule has 0 heterocycles. The first-order valence-electron chi connectivity index (χ1n) is 4.14. The third-order valence-electron chi connectivity index (χ3n) is 1.71. The first-order chi connectivity index (χ1) is 6.06. The summed E-state index contributed by atoms with van der Waals surface area (Å²) in [5.41, 5.74) is 6.19. The van der Waals surface area contributed by atoms with Gasteiger partial charge in [-0.1, -0.05) is 6.07 Å². The van der Waals surface area contributed by atoms with E-state index >= 15 is 0 Å². The zero-order chi connectivity index (χ0) is 9.90. The van der Waals surface area contributed by atoms with Crippen molar-refractivity contribution in [3.05, 3.63) is 24.3 Å². The Kier molecular flexibility index (Phi) is 3.12. The molecule has 0 saturated carbocycles. The number of benzene rings is 1. The fourth-order valence-corrected chi connectivity index (χ4v) is 2.48. The number of rotatable bonds is 3. The van der Waals surface area contributed by atoms with Gasteiger partial charge in [-0.25, -0.2) is 0 Å². The van der Waals surface area contributed by atoms with Crippen LogP contribution in [-0.2, 0) is 9.09 Å². The van der Waals surface area contributed by atoms with Crippen molar-refractivity contribution < 1.29 is 9.09 Å². The topological polar surface area (TPSA) is 52.3 Å². The highest BCUT2D eigenvalue weighted by Gasteiger charge is 2.17. The van der Waals surface area contributed by atoms with Crippen molar-refractivity contribution in [3.63, 3.8) is 0 Å². The second-order valence-corrected chi connectivity index (χ2v) is 5.32. The minimum absolute atomic E-state index is 0.447. The summed E-state index contributed by atoms with van der Waals surface area (Å²) in [6.45, 7) is 3.87. The average molecular weight is 199 g/mol. The van der Waals surface area contributed by atoms with Gasteiger partial charge in [0.2, 0.25) is 7.37 Å². The van der Waals surface area contributed by atoms with Gasteiger partial charge in [-0.15, -0.1) is 0 Å². The summed E-state index contributed by atoms with van der Waals surface area (Å²) in [5, 5.41) is 0.675. The van der Waals surface area contributed by atoms with Gasteiger partial charge in [0.15, 0.2) is 0 Å². The number of hydrogen-bond donors (Lipinski definition) is 1. The standard InChI is InChI=1S/C9H14NO2P/c1-3-12-13(2,11)9-6-4-5-8(10)7-9/h4-7H,3,10H2,1-2H3. The van der Waals surface area contributed by atoms with Gasteiger partial charge in [-0.2, -0.15) is 0 Å². The van der Waals surface area contributed by atoms with E-state index in [2.05, 4.69) is 0 Å². The highest BCUT2D eigenvalue weighted by molar-refractivity contribution is 7.66.